The van der Waals surface area contributed by atoms with Crippen molar-refractivity contribution >= 4 is 11.3 Å². The molecule has 0 saturated carbocycles. The fraction of sp³-hybridized carbons (Fsp3) is 0.786. The van der Waals surface area contributed by atoms with Crippen LogP contribution >= 0.6 is 11.3 Å². The van der Waals surface area contributed by atoms with Crippen LogP contribution in [-0.2, 0) is 18.5 Å². The Morgan fingerprint density at radius 2 is 1.94 bits per heavy atom. The predicted octanol–water partition coefficient (Wildman–Crippen LogP) is 3.00. The van der Waals surface area contributed by atoms with Gasteiger partial charge in [-0.2, -0.15) is 0 Å². The first kappa shape index (κ1) is 15.6. The number of thiazole rings is 1. The third-order valence-electron chi connectivity index (χ3n) is 2.62. The van der Waals surface area contributed by atoms with Crippen molar-refractivity contribution < 1.29 is 0 Å². The zero-order chi connectivity index (χ0) is 13.8. The predicted molar refractivity (Wildman–Crippen MR) is 80.2 cm³/mol. The average molecular weight is 269 g/mol. The molecule has 0 amide bonds. The van der Waals surface area contributed by atoms with Gasteiger partial charge in [0.2, 0.25) is 0 Å². The molecule has 104 valence electrons. The van der Waals surface area contributed by atoms with Crippen molar-refractivity contribution in [3.8, 4) is 0 Å². The van der Waals surface area contributed by atoms with Gasteiger partial charge in [0.1, 0.15) is 5.01 Å². The van der Waals surface area contributed by atoms with Crippen LogP contribution in [-0.4, -0.2) is 30.5 Å². The number of rotatable bonds is 6. The van der Waals surface area contributed by atoms with E-state index in [1.807, 2.05) is 11.3 Å². The second-order valence-electron chi connectivity index (χ2n) is 6.04. The number of hydrogen-bond acceptors (Lipinski definition) is 4. The Kier molecular flexibility index (Phi) is 5.76. The monoisotopic (exact) mass is 269 g/mol. The van der Waals surface area contributed by atoms with Gasteiger partial charge in [0.15, 0.2) is 0 Å². The summed E-state index contributed by atoms with van der Waals surface area (Å²) in [6.45, 7) is 11.9. The number of aromatic nitrogens is 1. The van der Waals surface area contributed by atoms with E-state index in [2.05, 4.69) is 52.0 Å². The first-order valence-corrected chi connectivity index (χ1v) is 7.50. The largest absolute Gasteiger partial charge is 0.312 e. The van der Waals surface area contributed by atoms with Gasteiger partial charge in [-0.15, -0.1) is 11.3 Å². The minimum Gasteiger partial charge on any atom is -0.312 e. The minimum absolute atomic E-state index is 0.129. The normalized spacial score (nSPS) is 12.4. The Bertz CT molecular complexity index is 364. The van der Waals surface area contributed by atoms with Gasteiger partial charge >= 0.3 is 0 Å². The summed E-state index contributed by atoms with van der Waals surface area (Å²) in [5.41, 5.74) is 1.39. The van der Waals surface area contributed by atoms with Crippen molar-refractivity contribution in [3.63, 3.8) is 0 Å². The van der Waals surface area contributed by atoms with E-state index in [4.69, 9.17) is 4.98 Å². The summed E-state index contributed by atoms with van der Waals surface area (Å²) < 4.78 is 0. The van der Waals surface area contributed by atoms with Crippen LogP contribution in [0.15, 0.2) is 0 Å². The Labute approximate surface area is 116 Å². The maximum Gasteiger partial charge on any atom is 0.107 e. The summed E-state index contributed by atoms with van der Waals surface area (Å²) in [7, 11) is 4.18. The molecule has 0 spiro atoms. The SMILES string of the molecule is CCCNCc1sc(CN(C)C)nc1C(C)(C)C. The van der Waals surface area contributed by atoms with Gasteiger partial charge in [0, 0.05) is 23.4 Å². The summed E-state index contributed by atoms with van der Waals surface area (Å²) in [6.07, 6.45) is 1.17. The van der Waals surface area contributed by atoms with E-state index in [1.54, 1.807) is 0 Å². The van der Waals surface area contributed by atoms with Gasteiger partial charge in [-0.05, 0) is 27.1 Å². The molecule has 1 heterocycles. The van der Waals surface area contributed by atoms with Crippen molar-refractivity contribution in [2.45, 2.75) is 52.6 Å². The molecular formula is C14H27N3S. The lowest BCUT2D eigenvalue weighted by atomic mass is 9.91. The van der Waals surface area contributed by atoms with E-state index in [1.165, 1.54) is 22.0 Å². The zero-order valence-corrected chi connectivity index (χ0v) is 13.4. The smallest absolute Gasteiger partial charge is 0.107 e. The standard InChI is InChI=1S/C14H27N3S/c1-7-8-15-9-11-13(14(2,3)4)16-12(18-11)10-17(5)6/h15H,7-10H2,1-6H3. The van der Waals surface area contributed by atoms with E-state index >= 15 is 0 Å². The van der Waals surface area contributed by atoms with Gasteiger partial charge in [0.25, 0.3) is 0 Å². The zero-order valence-electron chi connectivity index (χ0n) is 12.6. The van der Waals surface area contributed by atoms with Crippen molar-refractivity contribution in [1.82, 2.24) is 15.2 Å². The van der Waals surface area contributed by atoms with Crippen LogP contribution in [0.2, 0.25) is 0 Å². The lowest BCUT2D eigenvalue weighted by Crippen LogP contribution is -2.19. The second-order valence-corrected chi connectivity index (χ2v) is 7.21. The van der Waals surface area contributed by atoms with Gasteiger partial charge in [-0.1, -0.05) is 27.7 Å². The first-order valence-electron chi connectivity index (χ1n) is 6.69. The van der Waals surface area contributed by atoms with E-state index in [0.29, 0.717) is 0 Å². The van der Waals surface area contributed by atoms with Gasteiger partial charge < -0.3 is 10.2 Å². The van der Waals surface area contributed by atoms with Crippen molar-refractivity contribution in [2.75, 3.05) is 20.6 Å². The maximum absolute atomic E-state index is 4.84. The molecule has 0 radical (unpaired) electrons. The van der Waals surface area contributed by atoms with E-state index in [9.17, 15) is 0 Å². The molecule has 1 rings (SSSR count). The highest BCUT2D eigenvalue weighted by atomic mass is 32.1. The topological polar surface area (TPSA) is 28.2 Å². The number of nitrogens with zero attached hydrogens (tertiary/aromatic N) is 2. The van der Waals surface area contributed by atoms with Crippen molar-refractivity contribution in [2.24, 2.45) is 0 Å². The fourth-order valence-corrected chi connectivity index (χ4v) is 3.19. The van der Waals surface area contributed by atoms with Gasteiger partial charge in [-0.3, -0.25) is 0 Å². The highest BCUT2D eigenvalue weighted by molar-refractivity contribution is 7.11. The van der Waals surface area contributed by atoms with Crippen LogP contribution in [0.5, 0.6) is 0 Å². The Morgan fingerprint density at radius 3 is 2.44 bits per heavy atom. The number of nitrogens with one attached hydrogen (secondary N) is 1. The van der Waals surface area contributed by atoms with Crippen molar-refractivity contribution in [3.05, 3.63) is 15.6 Å². The molecule has 1 aromatic heterocycles. The second kappa shape index (κ2) is 6.64. The van der Waals surface area contributed by atoms with Crippen LogP contribution in [0.25, 0.3) is 0 Å². The quantitative estimate of drug-likeness (QED) is 0.805. The summed E-state index contributed by atoms with van der Waals surface area (Å²) in [6, 6.07) is 0. The summed E-state index contributed by atoms with van der Waals surface area (Å²) >= 11 is 1.85. The fourth-order valence-electron chi connectivity index (χ4n) is 1.82. The molecule has 3 nitrogen and oxygen atoms in total. The van der Waals surface area contributed by atoms with Crippen LogP contribution < -0.4 is 5.32 Å². The lowest BCUT2D eigenvalue weighted by Gasteiger charge is -2.17. The van der Waals surface area contributed by atoms with Crippen LogP contribution in [0.4, 0.5) is 0 Å². The summed E-state index contributed by atoms with van der Waals surface area (Å²) in [5.74, 6) is 0. The number of hydrogen-bond donors (Lipinski definition) is 1. The van der Waals surface area contributed by atoms with Gasteiger partial charge in [0.05, 0.1) is 5.69 Å². The molecule has 1 N–H and O–H groups in total. The molecule has 0 fully saturated rings. The third kappa shape index (κ3) is 4.67. The van der Waals surface area contributed by atoms with E-state index < -0.39 is 0 Å². The highest BCUT2D eigenvalue weighted by Gasteiger charge is 2.22. The molecule has 1 aromatic rings. The maximum atomic E-state index is 4.84. The minimum atomic E-state index is 0.129. The molecule has 0 bridgehead atoms. The Balaban J connectivity index is 2.87. The molecule has 0 unspecified atom stereocenters. The molecule has 0 aliphatic heterocycles. The molecule has 0 saturated heterocycles. The Morgan fingerprint density at radius 1 is 1.28 bits per heavy atom. The summed E-state index contributed by atoms with van der Waals surface area (Å²) in [4.78, 5) is 8.41. The molecule has 4 heteroatoms. The molecular weight excluding hydrogens is 242 g/mol. The highest BCUT2D eigenvalue weighted by Crippen LogP contribution is 2.30. The van der Waals surface area contributed by atoms with Gasteiger partial charge in [-0.25, -0.2) is 4.98 Å². The molecule has 0 aliphatic rings. The molecule has 0 aromatic carbocycles. The molecule has 0 atom stereocenters. The average Bonchev–Trinajstić information content (AvgIpc) is 2.60. The van der Waals surface area contributed by atoms with E-state index in [0.717, 1.165) is 19.6 Å². The van der Waals surface area contributed by atoms with Crippen LogP contribution in [0.3, 0.4) is 0 Å². The van der Waals surface area contributed by atoms with E-state index in [-0.39, 0.29) is 5.41 Å². The summed E-state index contributed by atoms with van der Waals surface area (Å²) in [5, 5.41) is 4.71. The van der Waals surface area contributed by atoms with Crippen LogP contribution in [0.1, 0.15) is 49.7 Å². The van der Waals surface area contributed by atoms with Crippen LogP contribution in [0, 0.1) is 0 Å². The Hall–Kier alpha value is -0.450. The lowest BCUT2D eigenvalue weighted by molar-refractivity contribution is 0.400. The molecule has 0 aliphatic carbocycles. The third-order valence-corrected chi connectivity index (χ3v) is 3.66. The first-order chi connectivity index (χ1) is 8.34. The van der Waals surface area contributed by atoms with Crippen molar-refractivity contribution in [1.29, 1.82) is 0 Å². The molecule has 18 heavy (non-hydrogen) atoms.